The Morgan fingerprint density at radius 3 is 2.44 bits per heavy atom. The fraction of sp³-hybridized carbons (Fsp3) is 0.421. The van der Waals surface area contributed by atoms with Crippen LogP contribution in [0.1, 0.15) is 37.7 Å². The molecule has 0 aliphatic carbocycles. The van der Waals surface area contributed by atoms with Crippen molar-refractivity contribution in [3.8, 4) is 11.4 Å². The molecule has 2 aromatic rings. The van der Waals surface area contributed by atoms with Crippen molar-refractivity contribution < 1.29 is 13.2 Å². The van der Waals surface area contributed by atoms with Crippen LogP contribution in [0.3, 0.4) is 0 Å². The monoisotopic (exact) mass is 388 g/mol. The quantitative estimate of drug-likeness (QED) is 0.833. The van der Waals surface area contributed by atoms with E-state index in [2.05, 4.69) is 20.6 Å². The van der Waals surface area contributed by atoms with E-state index in [0.29, 0.717) is 18.1 Å². The smallest absolute Gasteiger partial charge is 0.270 e. The van der Waals surface area contributed by atoms with Gasteiger partial charge < -0.3 is 10.6 Å². The van der Waals surface area contributed by atoms with E-state index in [-0.39, 0.29) is 29.1 Å². The topological polar surface area (TPSA) is 101 Å². The maximum Gasteiger partial charge on any atom is 0.270 e. The SMILES string of the molecule is CC(C)(C)NC(=O)c1cc(NC2CCS(=O)(=O)C2)nc(-c2ccccc2)n1. The highest BCUT2D eigenvalue weighted by Crippen LogP contribution is 2.21. The van der Waals surface area contributed by atoms with E-state index in [9.17, 15) is 13.2 Å². The normalized spacial score (nSPS) is 18.9. The van der Waals surface area contributed by atoms with Crippen molar-refractivity contribution in [3.63, 3.8) is 0 Å². The van der Waals surface area contributed by atoms with Crippen molar-refractivity contribution in [2.24, 2.45) is 0 Å². The van der Waals surface area contributed by atoms with Crippen molar-refractivity contribution in [3.05, 3.63) is 42.1 Å². The molecule has 2 heterocycles. The van der Waals surface area contributed by atoms with Crippen LogP contribution in [-0.2, 0) is 9.84 Å². The Kier molecular flexibility index (Phi) is 5.19. The maximum atomic E-state index is 12.6. The molecular weight excluding hydrogens is 364 g/mol. The minimum Gasteiger partial charge on any atom is -0.366 e. The van der Waals surface area contributed by atoms with Gasteiger partial charge in [0.1, 0.15) is 11.5 Å². The molecule has 7 nitrogen and oxygen atoms in total. The van der Waals surface area contributed by atoms with E-state index in [4.69, 9.17) is 0 Å². The number of anilines is 1. The molecule has 1 saturated heterocycles. The average molecular weight is 388 g/mol. The summed E-state index contributed by atoms with van der Waals surface area (Å²) in [7, 11) is -3.01. The van der Waals surface area contributed by atoms with Crippen molar-refractivity contribution in [2.75, 3.05) is 16.8 Å². The molecule has 0 radical (unpaired) electrons. The van der Waals surface area contributed by atoms with Crippen LogP contribution in [0.15, 0.2) is 36.4 Å². The summed E-state index contributed by atoms with van der Waals surface area (Å²) in [6, 6.07) is 10.7. The first-order valence-corrected chi connectivity index (χ1v) is 10.7. The van der Waals surface area contributed by atoms with E-state index in [1.807, 2.05) is 51.1 Å². The molecule has 1 aromatic heterocycles. The van der Waals surface area contributed by atoms with Crippen LogP contribution >= 0.6 is 0 Å². The summed E-state index contributed by atoms with van der Waals surface area (Å²) in [5.74, 6) is 0.801. The minimum atomic E-state index is -3.01. The van der Waals surface area contributed by atoms with Gasteiger partial charge in [-0.1, -0.05) is 30.3 Å². The van der Waals surface area contributed by atoms with Crippen molar-refractivity contribution in [2.45, 2.75) is 38.8 Å². The van der Waals surface area contributed by atoms with E-state index in [1.165, 1.54) is 0 Å². The number of carbonyl (C=O) groups is 1. The highest BCUT2D eigenvalue weighted by Gasteiger charge is 2.28. The summed E-state index contributed by atoms with van der Waals surface area (Å²) in [5, 5.41) is 6.05. The molecule has 0 bridgehead atoms. The number of hydrogen-bond acceptors (Lipinski definition) is 6. The van der Waals surface area contributed by atoms with Gasteiger partial charge in [0, 0.05) is 23.2 Å². The van der Waals surface area contributed by atoms with E-state index in [1.54, 1.807) is 6.07 Å². The van der Waals surface area contributed by atoms with Crippen LogP contribution in [0.5, 0.6) is 0 Å². The van der Waals surface area contributed by atoms with E-state index < -0.39 is 15.4 Å². The molecule has 0 spiro atoms. The third-order valence-electron chi connectivity index (χ3n) is 4.06. The zero-order chi connectivity index (χ0) is 19.7. The summed E-state index contributed by atoms with van der Waals surface area (Å²) in [6.07, 6.45) is 0.524. The number of nitrogens with zero attached hydrogens (tertiary/aromatic N) is 2. The molecule has 8 heteroatoms. The van der Waals surface area contributed by atoms with E-state index >= 15 is 0 Å². The molecule has 1 atom stereocenters. The number of rotatable bonds is 4. The molecule has 1 aliphatic heterocycles. The number of hydrogen-bond donors (Lipinski definition) is 2. The molecule has 3 rings (SSSR count). The number of sulfone groups is 1. The maximum absolute atomic E-state index is 12.6. The van der Waals surface area contributed by atoms with Gasteiger partial charge in [0.25, 0.3) is 5.91 Å². The van der Waals surface area contributed by atoms with Crippen molar-refractivity contribution in [1.82, 2.24) is 15.3 Å². The lowest BCUT2D eigenvalue weighted by Crippen LogP contribution is -2.41. The predicted molar refractivity (Wildman–Crippen MR) is 105 cm³/mol. The molecule has 1 aromatic carbocycles. The molecule has 1 fully saturated rings. The third kappa shape index (κ3) is 5.26. The van der Waals surface area contributed by atoms with Crippen LogP contribution in [0.25, 0.3) is 11.4 Å². The van der Waals surface area contributed by atoms with E-state index in [0.717, 1.165) is 5.56 Å². The first-order chi connectivity index (χ1) is 12.6. The first-order valence-electron chi connectivity index (χ1n) is 8.85. The summed E-state index contributed by atoms with van der Waals surface area (Å²) in [6.45, 7) is 5.69. The molecule has 144 valence electrons. The zero-order valence-corrected chi connectivity index (χ0v) is 16.5. The van der Waals surface area contributed by atoms with Gasteiger partial charge in [-0.25, -0.2) is 18.4 Å². The number of benzene rings is 1. The number of carbonyl (C=O) groups excluding carboxylic acids is 1. The lowest BCUT2D eigenvalue weighted by atomic mass is 10.1. The van der Waals surface area contributed by atoms with Crippen molar-refractivity contribution in [1.29, 1.82) is 0 Å². The molecule has 1 aliphatic rings. The summed E-state index contributed by atoms with van der Waals surface area (Å²) in [4.78, 5) is 21.5. The van der Waals surface area contributed by atoms with Gasteiger partial charge in [0.15, 0.2) is 15.7 Å². The van der Waals surface area contributed by atoms with Gasteiger partial charge in [0.2, 0.25) is 0 Å². The van der Waals surface area contributed by atoms with Gasteiger partial charge in [0.05, 0.1) is 11.5 Å². The summed E-state index contributed by atoms with van der Waals surface area (Å²) in [5.41, 5.74) is 0.620. The predicted octanol–water partition coefficient (Wildman–Crippen LogP) is 2.27. The molecule has 1 amide bonds. The highest BCUT2D eigenvalue weighted by molar-refractivity contribution is 7.91. The van der Waals surface area contributed by atoms with Crippen LogP contribution in [0, 0.1) is 0 Å². The molecule has 1 unspecified atom stereocenters. The zero-order valence-electron chi connectivity index (χ0n) is 15.7. The number of nitrogens with one attached hydrogen (secondary N) is 2. The lowest BCUT2D eigenvalue weighted by Gasteiger charge is -2.21. The average Bonchev–Trinajstić information content (AvgIpc) is 2.92. The summed E-state index contributed by atoms with van der Waals surface area (Å²) < 4.78 is 23.4. The second-order valence-electron chi connectivity index (χ2n) is 7.78. The van der Waals surface area contributed by atoms with Gasteiger partial charge in [-0.15, -0.1) is 0 Å². The Labute approximate surface area is 159 Å². The van der Waals surface area contributed by atoms with Crippen LogP contribution in [-0.4, -0.2) is 47.4 Å². The highest BCUT2D eigenvalue weighted by atomic mass is 32.2. The Hall–Kier alpha value is -2.48. The molecule has 0 saturated carbocycles. The first kappa shape index (κ1) is 19.3. The number of aromatic nitrogens is 2. The van der Waals surface area contributed by atoms with Gasteiger partial charge >= 0.3 is 0 Å². The molecule has 2 N–H and O–H groups in total. The fourth-order valence-corrected chi connectivity index (χ4v) is 4.55. The Morgan fingerprint density at radius 2 is 1.85 bits per heavy atom. The fourth-order valence-electron chi connectivity index (χ4n) is 2.88. The number of amides is 1. The molecule has 27 heavy (non-hydrogen) atoms. The lowest BCUT2D eigenvalue weighted by molar-refractivity contribution is 0.0914. The standard InChI is InChI=1S/C19H24N4O3S/c1-19(2,3)23-18(24)15-11-16(20-14-9-10-27(25,26)12-14)22-17(21-15)13-7-5-4-6-8-13/h4-8,11,14H,9-10,12H2,1-3H3,(H,23,24)(H,20,21,22). The van der Waals surface area contributed by atoms with Gasteiger partial charge in [-0.2, -0.15) is 0 Å². The molecular formula is C19H24N4O3S. The van der Waals surface area contributed by atoms with Gasteiger partial charge in [-0.05, 0) is 27.2 Å². The Bertz CT molecular complexity index is 937. The van der Waals surface area contributed by atoms with Crippen LogP contribution < -0.4 is 10.6 Å². The Balaban J connectivity index is 1.94. The van der Waals surface area contributed by atoms with Gasteiger partial charge in [-0.3, -0.25) is 4.79 Å². The van der Waals surface area contributed by atoms with Crippen molar-refractivity contribution >= 4 is 21.6 Å². The summed E-state index contributed by atoms with van der Waals surface area (Å²) >= 11 is 0. The second kappa shape index (κ2) is 7.26. The van der Waals surface area contributed by atoms with Crippen LogP contribution in [0.4, 0.5) is 5.82 Å². The third-order valence-corrected chi connectivity index (χ3v) is 5.83. The Morgan fingerprint density at radius 1 is 1.15 bits per heavy atom. The largest absolute Gasteiger partial charge is 0.366 e. The minimum absolute atomic E-state index is 0.0706. The second-order valence-corrected chi connectivity index (χ2v) is 10.0. The van der Waals surface area contributed by atoms with Crippen LogP contribution in [0.2, 0.25) is 0 Å².